The Labute approximate surface area is 110 Å². The maximum atomic E-state index is 12.2. The van der Waals surface area contributed by atoms with Gasteiger partial charge in [0.2, 0.25) is 5.91 Å². The standard InChI is InChI=1S/C12H12N2O4S/c15-11(13-8-5-6-8)7-14-12(16)9-3-1-2-4-10(9)19(14,17)18/h1-4,8H,5-7H2,(H,13,15). The molecule has 2 amide bonds. The van der Waals surface area contributed by atoms with E-state index in [-0.39, 0.29) is 16.5 Å². The topological polar surface area (TPSA) is 83.6 Å². The zero-order valence-electron chi connectivity index (χ0n) is 10.00. The third-order valence-electron chi connectivity index (χ3n) is 3.14. The van der Waals surface area contributed by atoms with Gasteiger partial charge in [0.05, 0.1) is 5.56 Å². The molecule has 0 bridgehead atoms. The zero-order valence-corrected chi connectivity index (χ0v) is 10.8. The van der Waals surface area contributed by atoms with Crippen molar-refractivity contribution >= 4 is 21.8 Å². The van der Waals surface area contributed by atoms with Gasteiger partial charge in [-0.25, -0.2) is 12.7 Å². The molecule has 0 atom stereocenters. The molecule has 7 heteroatoms. The lowest BCUT2D eigenvalue weighted by Gasteiger charge is -2.14. The Morgan fingerprint density at radius 2 is 2.00 bits per heavy atom. The summed E-state index contributed by atoms with van der Waals surface area (Å²) in [5.41, 5.74) is 0.127. The quantitative estimate of drug-likeness (QED) is 0.851. The Balaban J connectivity index is 1.87. The minimum atomic E-state index is -3.88. The van der Waals surface area contributed by atoms with Gasteiger partial charge in [0.25, 0.3) is 15.9 Å². The number of sulfonamides is 1. The Morgan fingerprint density at radius 1 is 1.32 bits per heavy atom. The van der Waals surface area contributed by atoms with Crippen LogP contribution >= 0.6 is 0 Å². The summed E-state index contributed by atoms with van der Waals surface area (Å²) in [5.74, 6) is -1.08. The highest BCUT2D eigenvalue weighted by molar-refractivity contribution is 7.90. The molecular formula is C12H12N2O4S. The number of carbonyl (C=O) groups is 2. The molecule has 1 aromatic carbocycles. The van der Waals surface area contributed by atoms with Crippen LogP contribution in [0.1, 0.15) is 23.2 Å². The normalized spacial score (nSPS) is 20.2. The third-order valence-corrected chi connectivity index (χ3v) is 4.93. The number of benzene rings is 1. The molecular weight excluding hydrogens is 268 g/mol. The van der Waals surface area contributed by atoms with E-state index < -0.39 is 28.4 Å². The Morgan fingerprint density at radius 3 is 2.63 bits per heavy atom. The van der Waals surface area contributed by atoms with Crippen molar-refractivity contribution in [2.75, 3.05) is 6.54 Å². The van der Waals surface area contributed by atoms with Crippen LogP contribution in [0.15, 0.2) is 29.2 Å². The zero-order chi connectivity index (χ0) is 13.6. The third kappa shape index (κ3) is 1.99. The first-order valence-electron chi connectivity index (χ1n) is 5.95. The average Bonchev–Trinajstić information content (AvgIpc) is 3.15. The molecule has 0 unspecified atom stereocenters. The molecule has 100 valence electrons. The summed E-state index contributed by atoms with van der Waals surface area (Å²) in [6, 6.07) is 6.11. The number of nitrogens with zero attached hydrogens (tertiary/aromatic N) is 1. The van der Waals surface area contributed by atoms with Gasteiger partial charge in [-0.15, -0.1) is 0 Å². The Kier molecular flexibility index (Phi) is 2.60. The first-order valence-corrected chi connectivity index (χ1v) is 7.39. The SMILES string of the molecule is O=C(CN1C(=O)c2ccccc2S1(=O)=O)NC1CC1. The summed E-state index contributed by atoms with van der Waals surface area (Å²) in [4.78, 5) is 23.7. The Bertz CT molecular complexity index is 664. The van der Waals surface area contributed by atoms with E-state index in [0.29, 0.717) is 4.31 Å². The van der Waals surface area contributed by atoms with Gasteiger partial charge in [0.15, 0.2) is 0 Å². The Hall–Kier alpha value is -1.89. The molecule has 0 spiro atoms. The molecule has 1 heterocycles. The average molecular weight is 280 g/mol. The van der Waals surface area contributed by atoms with Gasteiger partial charge in [-0.2, -0.15) is 0 Å². The number of hydrogen-bond acceptors (Lipinski definition) is 4. The highest BCUT2D eigenvalue weighted by Crippen LogP contribution is 2.29. The van der Waals surface area contributed by atoms with Crippen LogP contribution in [0.4, 0.5) is 0 Å². The van der Waals surface area contributed by atoms with Gasteiger partial charge in [0.1, 0.15) is 11.4 Å². The van der Waals surface area contributed by atoms with E-state index in [2.05, 4.69) is 5.32 Å². The smallest absolute Gasteiger partial charge is 0.269 e. The maximum Gasteiger partial charge on any atom is 0.269 e. The van der Waals surface area contributed by atoms with E-state index >= 15 is 0 Å². The van der Waals surface area contributed by atoms with Gasteiger partial charge < -0.3 is 5.32 Å². The van der Waals surface area contributed by atoms with Crippen LogP contribution in [0, 0.1) is 0 Å². The summed E-state index contributed by atoms with van der Waals surface area (Å²) >= 11 is 0. The van der Waals surface area contributed by atoms with Crippen molar-refractivity contribution in [1.29, 1.82) is 0 Å². The molecule has 2 aliphatic rings. The van der Waals surface area contributed by atoms with Crippen molar-refractivity contribution in [3.8, 4) is 0 Å². The van der Waals surface area contributed by atoms with Crippen molar-refractivity contribution in [2.45, 2.75) is 23.8 Å². The highest BCUT2D eigenvalue weighted by Gasteiger charge is 2.42. The second-order valence-corrected chi connectivity index (χ2v) is 6.49. The van der Waals surface area contributed by atoms with Gasteiger partial charge in [-0.3, -0.25) is 9.59 Å². The summed E-state index contributed by atoms with van der Waals surface area (Å²) in [6.45, 7) is -0.452. The molecule has 0 saturated heterocycles. The fourth-order valence-electron chi connectivity index (χ4n) is 2.02. The van der Waals surface area contributed by atoms with Crippen molar-refractivity contribution in [1.82, 2.24) is 9.62 Å². The number of fused-ring (bicyclic) bond motifs is 1. The van der Waals surface area contributed by atoms with E-state index in [1.807, 2.05) is 0 Å². The summed E-state index contributed by atoms with van der Waals surface area (Å²) in [5, 5.41) is 2.67. The van der Waals surface area contributed by atoms with Crippen LogP contribution in [0.2, 0.25) is 0 Å². The van der Waals surface area contributed by atoms with Crippen LogP contribution in [0.3, 0.4) is 0 Å². The summed E-state index contributed by atoms with van der Waals surface area (Å²) < 4.78 is 24.9. The van der Waals surface area contributed by atoms with Gasteiger partial charge in [-0.1, -0.05) is 12.1 Å². The lowest BCUT2D eigenvalue weighted by Crippen LogP contribution is -2.41. The molecule has 6 nitrogen and oxygen atoms in total. The highest BCUT2D eigenvalue weighted by atomic mass is 32.2. The van der Waals surface area contributed by atoms with Gasteiger partial charge in [0, 0.05) is 6.04 Å². The van der Waals surface area contributed by atoms with Crippen LogP contribution in [-0.2, 0) is 14.8 Å². The number of nitrogens with one attached hydrogen (secondary N) is 1. The van der Waals surface area contributed by atoms with Crippen molar-refractivity contribution in [3.63, 3.8) is 0 Å². The lowest BCUT2D eigenvalue weighted by molar-refractivity contribution is -0.121. The van der Waals surface area contributed by atoms with E-state index in [1.165, 1.54) is 12.1 Å². The molecule has 1 N–H and O–H groups in total. The van der Waals surface area contributed by atoms with Crippen LogP contribution in [0.5, 0.6) is 0 Å². The molecule has 0 aromatic heterocycles. The molecule has 1 saturated carbocycles. The summed E-state index contributed by atoms with van der Waals surface area (Å²) in [7, 11) is -3.88. The van der Waals surface area contributed by atoms with E-state index in [1.54, 1.807) is 12.1 Å². The summed E-state index contributed by atoms with van der Waals surface area (Å²) in [6.07, 6.45) is 1.82. The molecule has 1 aliphatic carbocycles. The van der Waals surface area contributed by atoms with E-state index in [0.717, 1.165) is 12.8 Å². The van der Waals surface area contributed by atoms with Crippen molar-refractivity contribution in [3.05, 3.63) is 29.8 Å². The first kappa shape index (κ1) is 12.2. The number of carbonyl (C=O) groups excluding carboxylic acids is 2. The molecule has 0 radical (unpaired) electrons. The fraction of sp³-hybridized carbons (Fsp3) is 0.333. The van der Waals surface area contributed by atoms with Gasteiger partial charge in [-0.05, 0) is 25.0 Å². The largest absolute Gasteiger partial charge is 0.352 e. The maximum absolute atomic E-state index is 12.2. The number of amides is 2. The minimum Gasteiger partial charge on any atom is -0.352 e. The molecule has 19 heavy (non-hydrogen) atoms. The fourth-order valence-corrected chi connectivity index (χ4v) is 3.54. The van der Waals surface area contributed by atoms with Gasteiger partial charge >= 0.3 is 0 Å². The number of rotatable bonds is 3. The van der Waals surface area contributed by atoms with Crippen molar-refractivity contribution < 1.29 is 18.0 Å². The van der Waals surface area contributed by atoms with Crippen LogP contribution in [0.25, 0.3) is 0 Å². The van der Waals surface area contributed by atoms with Crippen LogP contribution < -0.4 is 5.32 Å². The lowest BCUT2D eigenvalue weighted by atomic mass is 10.2. The monoisotopic (exact) mass is 280 g/mol. The van der Waals surface area contributed by atoms with Crippen LogP contribution in [-0.4, -0.2) is 37.1 Å². The van der Waals surface area contributed by atoms with E-state index in [9.17, 15) is 18.0 Å². The van der Waals surface area contributed by atoms with E-state index in [4.69, 9.17) is 0 Å². The molecule has 1 fully saturated rings. The molecule has 3 rings (SSSR count). The minimum absolute atomic E-state index is 0.0285. The van der Waals surface area contributed by atoms with Crippen molar-refractivity contribution in [2.24, 2.45) is 0 Å². The second kappa shape index (κ2) is 4.06. The molecule has 1 aromatic rings. The predicted octanol–water partition coefficient (Wildman–Crippen LogP) is 0.110. The predicted molar refractivity (Wildman–Crippen MR) is 65.8 cm³/mol. The number of hydrogen-bond donors (Lipinski definition) is 1. The first-order chi connectivity index (χ1) is 9.00. The molecule has 1 aliphatic heterocycles. The second-order valence-electron chi connectivity index (χ2n) is 4.65.